The van der Waals surface area contributed by atoms with Gasteiger partial charge in [0, 0.05) is 69.0 Å². The van der Waals surface area contributed by atoms with E-state index in [1.54, 1.807) is 12.3 Å². The van der Waals surface area contributed by atoms with Crippen LogP contribution >= 0.6 is 0 Å². The van der Waals surface area contributed by atoms with Gasteiger partial charge >= 0.3 is 0 Å². The van der Waals surface area contributed by atoms with Gasteiger partial charge in [-0.2, -0.15) is 0 Å². The van der Waals surface area contributed by atoms with Gasteiger partial charge in [-0.1, -0.05) is 0 Å². The fourth-order valence-electron chi connectivity index (χ4n) is 6.43. The van der Waals surface area contributed by atoms with Crippen LogP contribution in [0.2, 0.25) is 0 Å². The molecular weight excluding hydrogens is 511 g/mol. The van der Waals surface area contributed by atoms with Crippen LogP contribution in [0.4, 0.5) is 10.3 Å². The number of likely N-dealkylation sites (tertiary alicyclic amines) is 1. The molecule has 0 aliphatic carbocycles. The van der Waals surface area contributed by atoms with Crippen LogP contribution in [-0.4, -0.2) is 90.3 Å². The Morgan fingerprint density at radius 2 is 2.02 bits per heavy atom. The van der Waals surface area contributed by atoms with E-state index in [2.05, 4.69) is 20.2 Å². The summed E-state index contributed by atoms with van der Waals surface area (Å²) in [5, 5.41) is 4.12. The second kappa shape index (κ2) is 10.9. The Kier molecular flexibility index (Phi) is 6.99. The molecule has 3 aromatic rings. The van der Waals surface area contributed by atoms with Crippen molar-refractivity contribution in [3.05, 3.63) is 59.0 Å². The van der Waals surface area contributed by atoms with Crippen LogP contribution in [0.5, 0.6) is 5.75 Å². The lowest BCUT2D eigenvalue weighted by Gasteiger charge is -2.31. The normalized spacial score (nSPS) is 23.7. The van der Waals surface area contributed by atoms with E-state index >= 15 is 4.39 Å². The summed E-state index contributed by atoms with van der Waals surface area (Å²) >= 11 is 0. The van der Waals surface area contributed by atoms with Crippen molar-refractivity contribution in [3.63, 3.8) is 0 Å². The largest absolute Gasteiger partial charge is 0.489 e. The molecule has 210 valence electrons. The molecule has 1 N–H and O–H groups in total. The maximum Gasteiger partial charge on any atom is 0.254 e. The van der Waals surface area contributed by atoms with E-state index in [0.29, 0.717) is 56.2 Å². The third kappa shape index (κ3) is 5.11. The van der Waals surface area contributed by atoms with Crippen molar-refractivity contribution < 1.29 is 18.7 Å². The van der Waals surface area contributed by atoms with Crippen molar-refractivity contribution >= 4 is 22.8 Å². The molecule has 4 aliphatic heterocycles. The van der Waals surface area contributed by atoms with Gasteiger partial charge in [0.25, 0.3) is 5.91 Å². The van der Waals surface area contributed by atoms with E-state index < -0.39 is 0 Å². The van der Waals surface area contributed by atoms with Crippen LogP contribution in [0.25, 0.3) is 10.9 Å². The van der Waals surface area contributed by atoms with Crippen LogP contribution in [0.3, 0.4) is 0 Å². The predicted octanol–water partition coefficient (Wildman–Crippen LogP) is 2.97. The number of hydrogen-bond acceptors (Lipinski definition) is 8. The zero-order chi connectivity index (χ0) is 27.1. The zero-order valence-electron chi connectivity index (χ0n) is 22.6. The smallest absolute Gasteiger partial charge is 0.254 e. The fraction of sp³-hybridized carbons (Fsp3) is 0.500. The Morgan fingerprint density at radius 3 is 2.88 bits per heavy atom. The zero-order valence-corrected chi connectivity index (χ0v) is 22.6. The summed E-state index contributed by atoms with van der Waals surface area (Å²) in [6.45, 7) is 7.52. The average molecular weight is 547 g/mol. The molecule has 2 aromatic carbocycles. The molecule has 0 saturated carbocycles. The number of halogens is 1. The van der Waals surface area contributed by atoms with Crippen LogP contribution in [0, 0.1) is 5.82 Å². The number of ether oxygens (including phenoxy) is 2. The molecule has 40 heavy (non-hydrogen) atoms. The average Bonchev–Trinajstić information content (AvgIpc) is 3.56. The van der Waals surface area contributed by atoms with Gasteiger partial charge in [0.2, 0.25) is 5.95 Å². The molecule has 0 bridgehead atoms. The lowest BCUT2D eigenvalue weighted by atomic mass is 10.1. The maximum atomic E-state index is 15.1. The highest BCUT2D eigenvalue weighted by atomic mass is 19.1. The van der Waals surface area contributed by atoms with Gasteiger partial charge in [0.05, 0.1) is 13.2 Å². The van der Waals surface area contributed by atoms with Gasteiger partial charge in [-0.05, 0) is 67.3 Å². The number of benzene rings is 2. The third-order valence-electron chi connectivity index (χ3n) is 8.54. The number of aromatic nitrogens is 2. The first kappa shape index (κ1) is 25.6. The van der Waals surface area contributed by atoms with Crippen molar-refractivity contribution in [3.8, 4) is 5.75 Å². The van der Waals surface area contributed by atoms with Gasteiger partial charge in [0.15, 0.2) is 0 Å². The lowest BCUT2D eigenvalue weighted by Crippen LogP contribution is -2.46. The van der Waals surface area contributed by atoms with Gasteiger partial charge < -0.3 is 24.6 Å². The molecular formula is C30H35FN6O3. The Balaban J connectivity index is 0.977. The SMILES string of the molecule is O=C1c2ccc(O[C@H]3CCN(Cc4cc(F)c5nc(N6CCOCC6)ncc5c4)C3)cc2CN1[C@H]1CCCNC1. The number of hydrogen-bond donors (Lipinski definition) is 1. The van der Waals surface area contributed by atoms with Crippen molar-refractivity contribution in [1.82, 2.24) is 25.1 Å². The van der Waals surface area contributed by atoms with Crippen molar-refractivity contribution in [2.45, 2.75) is 44.5 Å². The molecule has 9 nitrogen and oxygen atoms in total. The number of carbonyl (C=O) groups excluding carboxylic acids is 1. The van der Waals surface area contributed by atoms with Gasteiger partial charge in [-0.25, -0.2) is 14.4 Å². The Labute approximate surface area is 233 Å². The molecule has 0 unspecified atom stereocenters. The summed E-state index contributed by atoms with van der Waals surface area (Å²) < 4.78 is 26.9. The second-order valence-electron chi connectivity index (χ2n) is 11.3. The standard InChI is InChI=1S/C30H35FN6O3/c31-27-13-20(12-21-15-33-30(34-28(21)27)36-8-10-39-11-9-36)17-35-7-5-25(19-35)40-24-3-4-26-22(14-24)18-37(29(26)38)23-2-1-6-32-16-23/h3-4,12-15,23,25,32H,1-2,5-11,16-19H2/t23-,25-/m0/s1. The highest BCUT2D eigenvalue weighted by molar-refractivity contribution is 5.98. The molecule has 0 radical (unpaired) electrons. The molecule has 1 aromatic heterocycles. The number of nitrogens with zero attached hydrogens (tertiary/aromatic N) is 5. The Hall–Kier alpha value is -3.34. The van der Waals surface area contributed by atoms with E-state index in [-0.39, 0.29) is 23.9 Å². The molecule has 10 heteroatoms. The van der Waals surface area contributed by atoms with Crippen molar-refractivity contribution in [2.24, 2.45) is 0 Å². The minimum absolute atomic E-state index is 0.0542. The summed E-state index contributed by atoms with van der Waals surface area (Å²) in [7, 11) is 0. The summed E-state index contributed by atoms with van der Waals surface area (Å²) in [5.74, 6) is 1.18. The van der Waals surface area contributed by atoms with Crippen LogP contribution in [0.15, 0.2) is 36.5 Å². The van der Waals surface area contributed by atoms with E-state index in [1.165, 1.54) is 0 Å². The number of amides is 1. The van der Waals surface area contributed by atoms with E-state index in [9.17, 15) is 4.79 Å². The molecule has 3 fully saturated rings. The van der Waals surface area contributed by atoms with Gasteiger partial charge in [-0.15, -0.1) is 0 Å². The van der Waals surface area contributed by atoms with E-state index in [1.807, 2.05) is 34.1 Å². The first-order valence-electron chi connectivity index (χ1n) is 14.4. The van der Waals surface area contributed by atoms with Crippen LogP contribution < -0.4 is 15.0 Å². The molecule has 1 amide bonds. The third-order valence-corrected chi connectivity index (χ3v) is 8.54. The second-order valence-corrected chi connectivity index (χ2v) is 11.3. The summed E-state index contributed by atoms with van der Waals surface area (Å²) in [6, 6.07) is 9.72. The van der Waals surface area contributed by atoms with E-state index in [4.69, 9.17) is 9.47 Å². The number of fused-ring (bicyclic) bond motifs is 2. The highest BCUT2D eigenvalue weighted by Gasteiger charge is 2.34. The van der Waals surface area contributed by atoms with E-state index in [0.717, 1.165) is 67.9 Å². The minimum atomic E-state index is -0.317. The van der Waals surface area contributed by atoms with Crippen LogP contribution in [0.1, 0.15) is 40.7 Å². The first-order valence-corrected chi connectivity index (χ1v) is 14.4. The topological polar surface area (TPSA) is 83.1 Å². The number of anilines is 1. The molecule has 3 saturated heterocycles. The quantitative estimate of drug-likeness (QED) is 0.506. The van der Waals surface area contributed by atoms with Gasteiger partial charge in [0.1, 0.15) is 23.2 Å². The number of morpholine rings is 1. The monoisotopic (exact) mass is 546 g/mol. The van der Waals surface area contributed by atoms with Crippen molar-refractivity contribution in [2.75, 3.05) is 57.4 Å². The summed E-state index contributed by atoms with van der Waals surface area (Å²) in [5.41, 5.74) is 3.11. The molecule has 4 aliphatic rings. The molecule has 5 heterocycles. The highest BCUT2D eigenvalue weighted by Crippen LogP contribution is 2.31. The first-order chi connectivity index (χ1) is 19.6. The summed E-state index contributed by atoms with van der Waals surface area (Å²) in [6.07, 6.45) is 4.83. The predicted molar refractivity (Wildman–Crippen MR) is 149 cm³/mol. The number of rotatable bonds is 6. The number of carbonyl (C=O) groups is 1. The maximum absolute atomic E-state index is 15.1. The molecule has 7 rings (SSSR count). The van der Waals surface area contributed by atoms with Crippen LogP contribution in [-0.2, 0) is 17.8 Å². The lowest BCUT2D eigenvalue weighted by molar-refractivity contribution is 0.0674. The Morgan fingerprint density at radius 1 is 1.12 bits per heavy atom. The minimum Gasteiger partial charge on any atom is -0.489 e. The van der Waals surface area contributed by atoms with Crippen molar-refractivity contribution in [1.29, 1.82) is 0 Å². The number of nitrogens with one attached hydrogen (secondary N) is 1. The molecule has 2 atom stereocenters. The number of piperidine rings is 1. The fourth-order valence-corrected chi connectivity index (χ4v) is 6.43. The molecule has 0 spiro atoms. The summed E-state index contributed by atoms with van der Waals surface area (Å²) in [4.78, 5) is 28.3. The van der Waals surface area contributed by atoms with Gasteiger partial charge in [-0.3, -0.25) is 9.69 Å². The Bertz CT molecular complexity index is 1410.